The summed E-state index contributed by atoms with van der Waals surface area (Å²) in [4.78, 5) is 0.272. The topological polar surface area (TPSA) is 88.9 Å². The van der Waals surface area contributed by atoms with Crippen LogP contribution in [0.25, 0.3) is 0 Å². The summed E-state index contributed by atoms with van der Waals surface area (Å²) < 4.78 is 30.7. The molecular weight excluding hydrogens is 350 g/mol. The van der Waals surface area contributed by atoms with Crippen LogP contribution >= 0.6 is 0 Å². The minimum absolute atomic E-state index is 0.272. The van der Waals surface area contributed by atoms with Crippen LogP contribution in [0, 0.1) is 12.8 Å². The largest absolute Gasteiger partial charge is 0.315 e. The van der Waals surface area contributed by atoms with E-state index in [9.17, 15) is 8.42 Å². The molecule has 0 spiro atoms. The third-order valence-corrected chi connectivity index (χ3v) is 6.03. The molecular formula is C18H27N5O2S. The fourth-order valence-electron chi connectivity index (χ4n) is 3.20. The van der Waals surface area contributed by atoms with Crippen molar-refractivity contribution in [3.8, 4) is 0 Å². The number of sulfonamides is 1. The summed E-state index contributed by atoms with van der Waals surface area (Å²) in [5.74, 6) is 1.93. The van der Waals surface area contributed by atoms with Gasteiger partial charge in [-0.1, -0.05) is 31.5 Å². The molecule has 26 heavy (non-hydrogen) atoms. The fourth-order valence-corrected chi connectivity index (χ4v) is 4.41. The van der Waals surface area contributed by atoms with Gasteiger partial charge >= 0.3 is 0 Å². The Labute approximate surface area is 155 Å². The van der Waals surface area contributed by atoms with Gasteiger partial charge in [0.15, 0.2) is 5.82 Å². The highest BCUT2D eigenvalue weighted by atomic mass is 32.2. The number of aromatic nitrogens is 3. The third kappa shape index (κ3) is 4.31. The van der Waals surface area contributed by atoms with Gasteiger partial charge in [-0.25, -0.2) is 13.1 Å². The lowest BCUT2D eigenvalue weighted by atomic mass is 10.0. The molecule has 0 amide bonds. The molecule has 1 aliphatic rings. The van der Waals surface area contributed by atoms with Gasteiger partial charge in [0.05, 0.1) is 10.9 Å². The Balaban J connectivity index is 1.92. The first kappa shape index (κ1) is 19.0. The van der Waals surface area contributed by atoms with Crippen LogP contribution in [0.5, 0.6) is 0 Å². The minimum Gasteiger partial charge on any atom is -0.315 e. The van der Waals surface area contributed by atoms with E-state index in [1.807, 2.05) is 6.92 Å². The summed E-state index contributed by atoms with van der Waals surface area (Å²) in [5, 5.41) is 12.0. The van der Waals surface area contributed by atoms with Crippen molar-refractivity contribution in [2.45, 2.75) is 51.1 Å². The highest BCUT2D eigenvalue weighted by Gasteiger charge is 2.28. The van der Waals surface area contributed by atoms with E-state index in [0.717, 1.165) is 37.4 Å². The number of benzene rings is 1. The van der Waals surface area contributed by atoms with Crippen molar-refractivity contribution in [3.05, 3.63) is 41.5 Å². The Morgan fingerprint density at radius 1 is 1.19 bits per heavy atom. The van der Waals surface area contributed by atoms with Gasteiger partial charge < -0.3 is 9.88 Å². The monoisotopic (exact) mass is 377 g/mol. The Hall–Kier alpha value is -1.77. The van der Waals surface area contributed by atoms with Crippen LogP contribution in [0.2, 0.25) is 0 Å². The first-order valence-electron chi connectivity index (χ1n) is 9.08. The Kier molecular flexibility index (Phi) is 5.74. The predicted octanol–water partition coefficient (Wildman–Crippen LogP) is 1.80. The van der Waals surface area contributed by atoms with Crippen molar-refractivity contribution < 1.29 is 8.42 Å². The summed E-state index contributed by atoms with van der Waals surface area (Å²) in [6.07, 6.45) is 1.46. The van der Waals surface area contributed by atoms with Crippen molar-refractivity contribution in [1.82, 2.24) is 24.8 Å². The van der Waals surface area contributed by atoms with E-state index in [0.29, 0.717) is 18.2 Å². The van der Waals surface area contributed by atoms with Crippen molar-refractivity contribution in [2.75, 3.05) is 13.1 Å². The van der Waals surface area contributed by atoms with E-state index in [2.05, 4.69) is 38.7 Å². The van der Waals surface area contributed by atoms with Crippen molar-refractivity contribution in [3.63, 3.8) is 0 Å². The molecule has 0 radical (unpaired) electrons. The lowest BCUT2D eigenvalue weighted by Gasteiger charge is -2.21. The van der Waals surface area contributed by atoms with Crippen LogP contribution < -0.4 is 10.0 Å². The molecule has 2 N–H and O–H groups in total. The quantitative estimate of drug-likeness (QED) is 0.801. The number of fused-ring (bicyclic) bond motifs is 1. The number of rotatable bonds is 6. The number of nitrogens with zero attached hydrogens (tertiary/aromatic N) is 3. The van der Waals surface area contributed by atoms with Crippen molar-refractivity contribution in [1.29, 1.82) is 0 Å². The summed E-state index contributed by atoms with van der Waals surface area (Å²) in [6.45, 7) is 8.53. The van der Waals surface area contributed by atoms with E-state index in [-0.39, 0.29) is 4.90 Å². The number of hydrogen-bond acceptors (Lipinski definition) is 5. The van der Waals surface area contributed by atoms with Crippen LogP contribution in [-0.4, -0.2) is 36.3 Å². The maximum absolute atomic E-state index is 12.9. The first-order chi connectivity index (χ1) is 12.4. The average Bonchev–Trinajstić information content (AvgIpc) is 2.82. The lowest BCUT2D eigenvalue weighted by molar-refractivity contribution is 0.439. The Morgan fingerprint density at radius 2 is 1.92 bits per heavy atom. The normalized spacial score (nSPS) is 16.3. The highest BCUT2D eigenvalue weighted by Crippen LogP contribution is 2.24. The molecule has 3 rings (SSSR count). The van der Waals surface area contributed by atoms with E-state index in [4.69, 9.17) is 0 Å². The van der Waals surface area contributed by atoms with Crippen LogP contribution in [0.3, 0.4) is 0 Å². The highest BCUT2D eigenvalue weighted by molar-refractivity contribution is 7.89. The van der Waals surface area contributed by atoms with E-state index in [1.54, 1.807) is 24.3 Å². The smallest absolute Gasteiger partial charge is 0.241 e. The molecule has 1 aromatic carbocycles. The van der Waals surface area contributed by atoms with Gasteiger partial charge in [-0.15, -0.1) is 10.2 Å². The molecule has 1 aliphatic heterocycles. The molecule has 0 fully saturated rings. The molecule has 1 atom stereocenters. The SMILES string of the molecule is Cc1ccc(S(=O)(=O)N[C@H](CC(C)C)c2nnc3n2CCNCC3)cc1. The molecule has 0 unspecified atom stereocenters. The number of aryl methyl sites for hydroxylation is 1. The van der Waals surface area contributed by atoms with Gasteiger partial charge in [-0.05, 0) is 31.4 Å². The molecule has 142 valence electrons. The maximum Gasteiger partial charge on any atom is 0.241 e. The average molecular weight is 378 g/mol. The summed E-state index contributed by atoms with van der Waals surface area (Å²) in [7, 11) is -3.63. The van der Waals surface area contributed by atoms with E-state index < -0.39 is 16.1 Å². The molecule has 7 nitrogen and oxygen atoms in total. The lowest BCUT2D eigenvalue weighted by Crippen LogP contribution is -2.32. The third-order valence-electron chi connectivity index (χ3n) is 4.54. The van der Waals surface area contributed by atoms with Crippen LogP contribution in [0.1, 0.15) is 43.5 Å². The van der Waals surface area contributed by atoms with Crippen molar-refractivity contribution in [2.24, 2.45) is 5.92 Å². The second-order valence-corrected chi connectivity index (χ2v) is 8.96. The van der Waals surface area contributed by atoms with Gasteiger partial charge in [0.25, 0.3) is 0 Å². The zero-order valence-corrected chi connectivity index (χ0v) is 16.4. The van der Waals surface area contributed by atoms with Crippen molar-refractivity contribution >= 4 is 10.0 Å². The fraction of sp³-hybridized carbons (Fsp3) is 0.556. The van der Waals surface area contributed by atoms with Crippen LogP contribution in [0.4, 0.5) is 0 Å². The Morgan fingerprint density at radius 3 is 2.62 bits per heavy atom. The van der Waals surface area contributed by atoms with Gasteiger partial charge in [0, 0.05) is 26.1 Å². The van der Waals surface area contributed by atoms with E-state index in [1.165, 1.54) is 0 Å². The first-order valence-corrected chi connectivity index (χ1v) is 10.6. The molecule has 0 aliphatic carbocycles. The van der Waals surface area contributed by atoms with Crippen LogP contribution in [0.15, 0.2) is 29.2 Å². The molecule has 0 saturated heterocycles. The molecule has 0 bridgehead atoms. The van der Waals surface area contributed by atoms with Gasteiger partial charge in [-0.2, -0.15) is 0 Å². The Bertz CT molecular complexity index is 843. The summed E-state index contributed by atoms with van der Waals surface area (Å²) in [6, 6.07) is 6.48. The van der Waals surface area contributed by atoms with Crippen LogP contribution in [-0.2, 0) is 23.0 Å². The minimum atomic E-state index is -3.63. The maximum atomic E-state index is 12.9. The van der Waals surface area contributed by atoms with Gasteiger partial charge in [0.1, 0.15) is 5.82 Å². The predicted molar refractivity (Wildman–Crippen MR) is 100 cm³/mol. The number of hydrogen-bond donors (Lipinski definition) is 2. The molecule has 1 aromatic heterocycles. The molecule has 0 saturated carbocycles. The molecule has 8 heteroatoms. The molecule has 2 aromatic rings. The molecule has 2 heterocycles. The summed E-state index contributed by atoms with van der Waals surface area (Å²) in [5.41, 5.74) is 1.03. The van der Waals surface area contributed by atoms with Gasteiger partial charge in [-0.3, -0.25) is 0 Å². The standard InChI is InChI=1S/C18H27N5O2S/c1-13(2)12-16(18-21-20-17-8-9-19-10-11-23(17)18)22-26(24,25)15-6-4-14(3)5-7-15/h4-7,13,16,19,22H,8-12H2,1-3H3/t16-/m1/s1. The second kappa shape index (κ2) is 7.85. The van der Waals surface area contributed by atoms with E-state index >= 15 is 0 Å². The van der Waals surface area contributed by atoms with Gasteiger partial charge in [0.2, 0.25) is 10.0 Å². The number of nitrogens with one attached hydrogen (secondary N) is 2. The zero-order chi connectivity index (χ0) is 18.7. The zero-order valence-electron chi connectivity index (χ0n) is 15.6. The summed E-state index contributed by atoms with van der Waals surface area (Å²) >= 11 is 0. The second-order valence-electron chi connectivity index (χ2n) is 7.24.